The van der Waals surface area contributed by atoms with Gasteiger partial charge in [-0.05, 0) is 31.2 Å². The standard InChI is InChI=1S/C16H19ClN6/c1-3-11-14(15(17)23(2)22-11)13-9-6-8(19)4-5-12(9)21-16(20)10(13)7-18/h8H,3-6,19H2,1-2H3,(H2,20,21). The molecule has 0 amide bonds. The Bertz CT molecular complexity index is 817. The zero-order chi connectivity index (χ0) is 16.7. The van der Waals surface area contributed by atoms with Crippen LogP contribution in [0.1, 0.15) is 35.9 Å². The molecule has 3 rings (SSSR count). The van der Waals surface area contributed by atoms with Crippen LogP contribution in [-0.2, 0) is 26.3 Å². The lowest BCUT2D eigenvalue weighted by Crippen LogP contribution is -2.29. The van der Waals surface area contributed by atoms with E-state index >= 15 is 0 Å². The highest BCUT2D eigenvalue weighted by atomic mass is 35.5. The zero-order valence-electron chi connectivity index (χ0n) is 13.2. The summed E-state index contributed by atoms with van der Waals surface area (Å²) in [7, 11) is 1.79. The number of aromatic nitrogens is 3. The summed E-state index contributed by atoms with van der Waals surface area (Å²) in [5.74, 6) is 0.249. The maximum Gasteiger partial charge on any atom is 0.142 e. The topological polar surface area (TPSA) is 107 Å². The van der Waals surface area contributed by atoms with Crippen LogP contribution in [0, 0.1) is 11.3 Å². The van der Waals surface area contributed by atoms with E-state index in [4.69, 9.17) is 23.1 Å². The third-order valence-electron chi connectivity index (χ3n) is 4.38. The molecule has 1 aliphatic rings. The average molecular weight is 331 g/mol. The highest BCUT2D eigenvalue weighted by Gasteiger charge is 2.28. The lowest BCUT2D eigenvalue weighted by atomic mass is 9.84. The normalized spacial score (nSPS) is 16.9. The summed E-state index contributed by atoms with van der Waals surface area (Å²) in [5, 5.41) is 14.6. The monoisotopic (exact) mass is 330 g/mol. The number of nitrogen functional groups attached to an aromatic ring is 1. The molecule has 0 radical (unpaired) electrons. The van der Waals surface area contributed by atoms with Crippen molar-refractivity contribution in [2.45, 2.75) is 38.6 Å². The van der Waals surface area contributed by atoms with Crippen LogP contribution in [0.5, 0.6) is 0 Å². The summed E-state index contributed by atoms with van der Waals surface area (Å²) in [4.78, 5) is 4.43. The SMILES string of the molecule is CCc1nn(C)c(Cl)c1-c1c(C#N)c(N)nc2c1CC(N)CC2. The van der Waals surface area contributed by atoms with Crippen LogP contribution in [0.4, 0.5) is 5.82 Å². The van der Waals surface area contributed by atoms with Gasteiger partial charge in [0.2, 0.25) is 0 Å². The van der Waals surface area contributed by atoms with Gasteiger partial charge in [-0.15, -0.1) is 0 Å². The summed E-state index contributed by atoms with van der Waals surface area (Å²) in [6.45, 7) is 2.01. The van der Waals surface area contributed by atoms with Crippen molar-refractivity contribution in [3.8, 4) is 17.2 Å². The van der Waals surface area contributed by atoms with E-state index in [1.807, 2.05) is 6.92 Å². The van der Waals surface area contributed by atoms with Crippen LogP contribution in [-0.4, -0.2) is 20.8 Å². The third kappa shape index (κ3) is 2.46. The average Bonchev–Trinajstić information content (AvgIpc) is 2.81. The molecule has 0 fully saturated rings. The van der Waals surface area contributed by atoms with Gasteiger partial charge in [0, 0.05) is 29.9 Å². The molecule has 0 saturated carbocycles. The molecule has 23 heavy (non-hydrogen) atoms. The van der Waals surface area contributed by atoms with Crippen LogP contribution in [0.2, 0.25) is 5.15 Å². The minimum absolute atomic E-state index is 0.0544. The van der Waals surface area contributed by atoms with Crippen molar-refractivity contribution in [3.05, 3.63) is 27.7 Å². The van der Waals surface area contributed by atoms with Gasteiger partial charge in [-0.25, -0.2) is 4.98 Å². The Morgan fingerprint density at radius 3 is 2.83 bits per heavy atom. The van der Waals surface area contributed by atoms with Gasteiger partial charge in [0.25, 0.3) is 0 Å². The molecule has 2 aromatic rings. The molecule has 4 N–H and O–H groups in total. The van der Waals surface area contributed by atoms with E-state index in [2.05, 4.69) is 16.2 Å². The fourth-order valence-corrected chi connectivity index (χ4v) is 3.49. The lowest BCUT2D eigenvalue weighted by molar-refractivity contribution is 0.568. The molecule has 0 aliphatic heterocycles. The van der Waals surface area contributed by atoms with Gasteiger partial charge < -0.3 is 11.5 Å². The number of hydrogen-bond acceptors (Lipinski definition) is 5. The molecule has 0 saturated heterocycles. The lowest BCUT2D eigenvalue weighted by Gasteiger charge is -2.25. The van der Waals surface area contributed by atoms with E-state index in [0.29, 0.717) is 23.6 Å². The number of aryl methyl sites for hydroxylation is 3. The van der Waals surface area contributed by atoms with Crippen molar-refractivity contribution in [2.24, 2.45) is 12.8 Å². The number of rotatable bonds is 2. The highest BCUT2D eigenvalue weighted by Crippen LogP contribution is 2.40. The molecular formula is C16H19ClN6. The van der Waals surface area contributed by atoms with E-state index in [9.17, 15) is 5.26 Å². The van der Waals surface area contributed by atoms with E-state index in [1.54, 1.807) is 11.7 Å². The molecule has 0 bridgehead atoms. The summed E-state index contributed by atoms with van der Waals surface area (Å²) < 4.78 is 1.63. The van der Waals surface area contributed by atoms with Gasteiger partial charge in [0.1, 0.15) is 22.6 Å². The zero-order valence-corrected chi connectivity index (χ0v) is 14.0. The van der Waals surface area contributed by atoms with E-state index < -0.39 is 0 Å². The summed E-state index contributed by atoms with van der Waals surface area (Å²) >= 11 is 6.49. The second-order valence-electron chi connectivity index (χ2n) is 5.88. The first-order valence-corrected chi connectivity index (χ1v) is 8.04. The molecule has 6 nitrogen and oxygen atoms in total. The summed E-state index contributed by atoms with van der Waals surface area (Å²) in [6, 6.07) is 2.25. The molecule has 1 unspecified atom stereocenters. The van der Waals surface area contributed by atoms with Gasteiger partial charge in [-0.3, -0.25) is 4.68 Å². The van der Waals surface area contributed by atoms with Crippen LogP contribution < -0.4 is 11.5 Å². The Balaban J connectivity index is 2.39. The van der Waals surface area contributed by atoms with E-state index in [-0.39, 0.29) is 11.9 Å². The Morgan fingerprint density at radius 1 is 1.43 bits per heavy atom. The number of anilines is 1. The Morgan fingerprint density at radius 2 is 2.17 bits per heavy atom. The van der Waals surface area contributed by atoms with E-state index in [1.165, 1.54) is 0 Å². The summed E-state index contributed by atoms with van der Waals surface area (Å²) in [5.41, 5.74) is 16.8. The Kier molecular flexibility index (Phi) is 4.00. The van der Waals surface area contributed by atoms with Crippen LogP contribution >= 0.6 is 11.6 Å². The number of pyridine rings is 1. The quantitative estimate of drug-likeness (QED) is 0.875. The number of halogens is 1. The van der Waals surface area contributed by atoms with Crippen LogP contribution in [0.15, 0.2) is 0 Å². The summed E-state index contributed by atoms with van der Waals surface area (Å²) in [6.07, 6.45) is 3.01. The van der Waals surface area contributed by atoms with Gasteiger partial charge >= 0.3 is 0 Å². The van der Waals surface area contributed by atoms with Gasteiger partial charge in [0.15, 0.2) is 0 Å². The van der Waals surface area contributed by atoms with Crippen molar-refractivity contribution in [2.75, 3.05) is 5.73 Å². The first-order chi connectivity index (χ1) is 11.0. The first kappa shape index (κ1) is 15.8. The third-order valence-corrected chi connectivity index (χ3v) is 4.81. The van der Waals surface area contributed by atoms with E-state index in [0.717, 1.165) is 40.9 Å². The van der Waals surface area contributed by atoms with Gasteiger partial charge in [-0.1, -0.05) is 18.5 Å². The van der Waals surface area contributed by atoms with Crippen molar-refractivity contribution in [1.82, 2.24) is 14.8 Å². The highest BCUT2D eigenvalue weighted by molar-refractivity contribution is 6.32. The second kappa shape index (κ2) is 5.84. The smallest absolute Gasteiger partial charge is 0.142 e. The molecule has 120 valence electrons. The number of fused-ring (bicyclic) bond motifs is 1. The van der Waals surface area contributed by atoms with Crippen LogP contribution in [0.25, 0.3) is 11.1 Å². The molecule has 1 aliphatic carbocycles. The van der Waals surface area contributed by atoms with Crippen molar-refractivity contribution in [3.63, 3.8) is 0 Å². The second-order valence-corrected chi connectivity index (χ2v) is 6.23. The fraction of sp³-hybridized carbons (Fsp3) is 0.438. The number of nitriles is 1. The minimum Gasteiger partial charge on any atom is -0.383 e. The number of nitrogens with two attached hydrogens (primary N) is 2. The predicted molar refractivity (Wildman–Crippen MR) is 90.0 cm³/mol. The van der Waals surface area contributed by atoms with Gasteiger partial charge in [0.05, 0.1) is 5.69 Å². The molecule has 2 aromatic heterocycles. The minimum atomic E-state index is 0.0544. The molecular weight excluding hydrogens is 312 g/mol. The van der Waals surface area contributed by atoms with Crippen molar-refractivity contribution in [1.29, 1.82) is 5.26 Å². The molecule has 7 heteroatoms. The van der Waals surface area contributed by atoms with Crippen molar-refractivity contribution < 1.29 is 0 Å². The van der Waals surface area contributed by atoms with Crippen molar-refractivity contribution >= 4 is 17.4 Å². The maximum atomic E-state index is 9.62. The Hall–Kier alpha value is -2.10. The van der Waals surface area contributed by atoms with Gasteiger partial charge in [-0.2, -0.15) is 10.4 Å². The molecule has 2 heterocycles. The largest absolute Gasteiger partial charge is 0.383 e. The first-order valence-electron chi connectivity index (χ1n) is 7.66. The predicted octanol–water partition coefficient (Wildman–Crippen LogP) is 1.97. The fourth-order valence-electron chi connectivity index (χ4n) is 3.24. The molecule has 0 aromatic carbocycles. The number of nitrogens with zero attached hydrogens (tertiary/aromatic N) is 4. The Labute approximate surface area is 140 Å². The maximum absolute atomic E-state index is 9.62. The molecule has 0 spiro atoms. The number of hydrogen-bond donors (Lipinski definition) is 2. The molecule has 1 atom stereocenters. The van der Waals surface area contributed by atoms with Crippen LogP contribution in [0.3, 0.4) is 0 Å².